The highest BCUT2D eigenvalue weighted by molar-refractivity contribution is 5.87. The Balaban J connectivity index is 1.07. The highest BCUT2D eigenvalue weighted by Crippen LogP contribution is 2.55. The topological polar surface area (TPSA) is 52.7 Å². The number of nitrogens with zero attached hydrogens (tertiary/aromatic N) is 2. The van der Waals surface area contributed by atoms with Crippen molar-refractivity contribution in [2.75, 3.05) is 26.2 Å². The first kappa shape index (κ1) is 19.6. The second kappa shape index (κ2) is 7.25. The minimum Gasteiger partial charge on any atom is -0.342 e. The monoisotopic (exact) mass is 421 g/mol. The van der Waals surface area contributed by atoms with Gasteiger partial charge in [-0.3, -0.25) is 4.79 Å². The molecule has 1 spiro atoms. The molecule has 0 aromatic heterocycles. The molecule has 2 heterocycles. The van der Waals surface area contributed by atoms with Crippen molar-refractivity contribution < 1.29 is 9.59 Å². The number of hydrogen-bond acceptors (Lipinski definition) is 2. The maximum absolute atomic E-state index is 13.3. The van der Waals surface area contributed by atoms with Crippen LogP contribution < -0.4 is 5.32 Å². The van der Waals surface area contributed by atoms with Crippen LogP contribution in [0.15, 0.2) is 30.3 Å². The van der Waals surface area contributed by atoms with Gasteiger partial charge >= 0.3 is 6.03 Å². The van der Waals surface area contributed by atoms with E-state index < -0.39 is 0 Å². The largest absolute Gasteiger partial charge is 0.342 e. The fourth-order valence-electron chi connectivity index (χ4n) is 8.01. The fraction of sp³-hybridized carbons (Fsp3) is 0.692. The lowest BCUT2D eigenvalue weighted by Crippen LogP contribution is -2.61. The Hall–Kier alpha value is -2.04. The van der Waals surface area contributed by atoms with Crippen LogP contribution in [0.4, 0.5) is 4.79 Å². The van der Waals surface area contributed by atoms with Crippen LogP contribution >= 0.6 is 0 Å². The molecule has 1 atom stereocenters. The van der Waals surface area contributed by atoms with Gasteiger partial charge in [-0.1, -0.05) is 30.3 Å². The van der Waals surface area contributed by atoms with Crippen molar-refractivity contribution >= 4 is 11.9 Å². The fourth-order valence-corrected chi connectivity index (χ4v) is 8.01. The summed E-state index contributed by atoms with van der Waals surface area (Å²) in [5, 5.41) is 3.51. The number of nitrogens with one attached hydrogen (secondary N) is 1. The van der Waals surface area contributed by atoms with E-state index >= 15 is 0 Å². The lowest BCUT2D eigenvalue weighted by atomic mass is 9.53. The molecule has 31 heavy (non-hydrogen) atoms. The van der Waals surface area contributed by atoms with Gasteiger partial charge < -0.3 is 15.1 Å². The maximum atomic E-state index is 13.3. The Morgan fingerprint density at radius 3 is 2.29 bits per heavy atom. The van der Waals surface area contributed by atoms with Gasteiger partial charge in [-0.25, -0.2) is 4.79 Å². The molecule has 1 aromatic carbocycles. The number of benzene rings is 1. The van der Waals surface area contributed by atoms with Crippen LogP contribution in [0.25, 0.3) is 0 Å². The summed E-state index contributed by atoms with van der Waals surface area (Å²) < 4.78 is 0. The quantitative estimate of drug-likeness (QED) is 0.803. The normalized spacial score (nSPS) is 38.5. The number of carbonyl (C=O) groups excluding carboxylic acids is 2. The predicted octanol–water partition coefficient (Wildman–Crippen LogP) is 3.83. The summed E-state index contributed by atoms with van der Waals surface area (Å²) in [7, 11) is 0. The van der Waals surface area contributed by atoms with Crippen molar-refractivity contribution in [2.45, 2.75) is 63.3 Å². The zero-order valence-electron chi connectivity index (χ0n) is 18.5. The number of carbonyl (C=O) groups is 2. The van der Waals surface area contributed by atoms with E-state index in [2.05, 4.69) is 29.6 Å². The molecule has 1 N–H and O–H groups in total. The van der Waals surface area contributed by atoms with E-state index in [0.29, 0.717) is 6.54 Å². The highest BCUT2D eigenvalue weighted by Gasteiger charge is 2.54. The third-order valence-electron chi connectivity index (χ3n) is 9.17. The van der Waals surface area contributed by atoms with Gasteiger partial charge in [0.1, 0.15) is 0 Å². The Kier molecular flexibility index (Phi) is 4.59. The van der Waals surface area contributed by atoms with E-state index in [1.54, 1.807) is 0 Å². The first-order valence-corrected chi connectivity index (χ1v) is 12.4. The van der Waals surface area contributed by atoms with Gasteiger partial charge in [0, 0.05) is 31.7 Å². The predicted molar refractivity (Wildman–Crippen MR) is 119 cm³/mol. The Morgan fingerprint density at radius 1 is 0.968 bits per heavy atom. The van der Waals surface area contributed by atoms with E-state index in [-0.39, 0.29) is 22.9 Å². The second-order valence-electron chi connectivity index (χ2n) is 11.4. The van der Waals surface area contributed by atoms with Crippen LogP contribution in [0.5, 0.6) is 0 Å². The molecule has 3 amide bonds. The van der Waals surface area contributed by atoms with Gasteiger partial charge in [0.15, 0.2) is 0 Å². The maximum Gasteiger partial charge on any atom is 0.317 e. The Morgan fingerprint density at radius 2 is 1.61 bits per heavy atom. The van der Waals surface area contributed by atoms with Gasteiger partial charge in [0.05, 0.1) is 5.41 Å². The van der Waals surface area contributed by atoms with Crippen LogP contribution in [0, 0.1) is 23.2 Å². The van der Waals surface area contributed by atoms with Crippen molar-refractivity contribution in [3.05, 3.63) is 35.9 Å². The third-order valence-corrected chi connectivity index (χ3v) is 9.17. The van der Waals surface area contributed by atoms with Crippen LogP contribution in [0.3, 0.4) is 0 Å². The lowest BCUT2D eigenvalue weighted by molar-refractivity contribution is -0.135. The zero-order chi connectivity index (χ0) is 21.1. The smallest absolute Gasteiger partial charge is 0.317 e. The molecule has 6 aliphatic rings. The molecule has 4 bridgehead atoms. The summed E-state index contributed by atoms with van der Waals surface area (Å²) in [4.78, 5) is 30.5. The molecular weight excluding hydrogens is 386 g/mol. The Bertz CT molecular complexity index is 833. The molecule has 5 heteroatoms. The SMILES string of the molecule is O=C(NC12CC3CC(CC(C3)C1)C2)N1CCC2(CCN(CCc3ccccc3)C2=O)C1. The number of amides is 3. The molecule has 7 rings (SSSR count). The number of rotatable bonds is 4. The van der Waals surface area contributed by atoms with E-state index in [4.69, 9.17) is 0 Å². The average molecular weight is 422 g/mol. The van der Waals surface area contributed by atoms with Crippen LogP contribution in [0.2, 0.25) is 0 Å². The van der Waals surface area contributed by atoms with E-state index in [0.717, 1.165) is 56.7 Å². The third kappa shape index (κ3) is 3.44. The summed E-state index contributed by atoms with van der Waals surface area (Å²) in [6.07, 6.45) is 10.3. The molecule has 0 radical (unpaired) electrons. The summed E-state index contributed by atoms with van der Waals surface area (Å²) in [5.74, 6) is 2.75. The van der Waals surface area contributed by atoms with Crippen molar-refractivity contribution in [3.63, 3.8) is 0 Å². The minimum absolute atomic E-state index is 0.0446. The summed E-state index contributed by atoms with van der Waals surface area (Å²) in [6, 6.07) is 10.5. The second-order valence-corrected chi connectivity index (χ2v) is 11.4. The molecule has 1 aromatic rings. The standard InChI is InChI=1S/C26H35N3O2/c30-23-25(7-10-28(23)9-6-19-4-2-1-3-5-19)8-11-29(18-25)24(31)27-26-15-20-12-21(16-26)14-22(13-20)17-26/h1-5,20-22H,6-18H2,(H,27,31). The average Bonchev–Trinajstić information content (AvgIpc) is 3.31. The molecule has 2 aliphatic heterocycles. The van der Waals surface area contributed by atoms with Crippen molar-refractivity contribution in [3.8, 4) is 0 Å². The molecule has 1 unspecified atom stereocenters. The van der Waals surface area contributed by atoms with Gasteiger partial charge in [-0.2, -0.15) is 0 Å². The van der Waals surface area contributed by atoms with Crippen LogP contribution in [-0.4, -0.2) is 53.5 Å². The summed E-state index contributed by atoms with van der Waals surface area (Å²) in [6.45, 7) is 2.93. The van der Waals surface area contributed by atoms with Crippen molar-refractivity contribution in [2.24, 2.45) is 23.2 Å². The Labute approximate surface area is 185 Å². The van der Waals surface area contributed by atoms with E-state index in [9.17, 15) is 9.59 Å². The minimum atomic E-state index is -0.338. The lowest BCUT2D eigenvalue weighted by Gasteiger charge is -2.57. The van der Waals surface area contributed by atoms with Crippen LogP contribution in [0.1, 0.15) is 56.9 Å². The van der Waals surface area contributed by atoms with Crippen molar-refractivity contribution in [1.29, 1.82) is 0 Å². The van der Waals surface area contributed by atoms with Gasteiger partial charge in [-0.15, -0.1) is 0 Å². The first-order chi connectivity index (χ1) is 15.0. The molecule has 2 saturated heterocycles. The first-order valence-electron chi connectivity index (χ1n) is 12.4. The highest BCUT2D eigenvalue weighted by atomic mass is 16.2. The molecular formula is C26H35N3O2. The number of likely N-dealkylation sites (tertiary alicyclic amines) is 2. The zero-order valence-corrected chi connectivity index (χ0v) is 18.5. The molecule has 166 valence electrons. The summed E-state index contributed by atoms with van der Waals surface area (Å²) in [5.41, 5.74) is 0.984. The number of hydrogen-bond donors (Lipinski definition) is 1. The van der Waals surface area contributed by atoms with E-state index in [1.807, 2.05) is 15.9 Å². The molecule has 6 fully saturated rings. The van der Waals surface area contributed by atoms with E-state index in [1.165, 1.54) is 44.1 Å². The van der Waals surface area contributed by atoms with Gasteiger partial charge in [0.2, 0.25) is 5.91 Å². The summed E-state index contributed by atoms with van der Waals surface area (Å²) >= 11 is 0. The van der Waals surface area contributed by atoms with Crippen molar-refractivity contribution in [1.82, 2.24) is 15.1 Å². The molecule has 5 nitrogen and oxygen atoms in total. The van der Waals surface area contributed by atoms with Gasteiger partial charge in [0.25, 0.3) is 0 Å². The number of urea groups is 1. The molecule has 4 saturated carbocycles. The molecule has 4 aliphatic carbocycles. The van der Waals surface area contributed by atoms with Crippen LogP contribution in [-0.2, 0) is 11.2 Å². The van der Waals surface area contributed by atoms with Gasteiger partial charge in [-0.05, 0) is 81.1 Å².